The first-order valence-electron chi connectivity index (χ1n) is 40.4. The molecule has 6 heteroatoms. The first kappa shape index (κ1) is 86.8. The molecule has 0 aromatic rings. The molecule has 0 aliphatic carbocycles. The molecule has 524 valence electrons. The maximum absolute atomic E-state index is 12.5. The van der Waals surface area contributed by atoms with Crippen molar-refractivity contribution < 1.29 is 24.5 Å². The lowest BCUT2D eigenvalue weighted by Crippen LogP contribution is -2.45. The van der Waals surface area contributed by atoms with Crippen LogP contribution in [0, 0.1) is 0 Å². The fraction of sp³-hybridized carbons (Fsp3) is 0.880. The van der Waals surface area contributed by atoms with Gasteiger partial charge in [0.2, 0.25) is 5.91 Å². The van der Waals surface area contributed by atoms with Gasteiger partial charge in [0.1, 0.15) is 0 Å². The summed E-state index contributed by atoms with van der Waals surface area (Å²) in [6, 6.07) is -0.628. The van der Waals surface area contributed by atoms with E-state index in [0.29, 0.717) is 19.4 Å². The summed E-state index contributed by atoms with van der Waals surface area (Å²) in [5.74, 6) is -0.0479. The summed E-state index contributed by atoms with van der Waals surface area (Å²) in [7, 11) is 0. The first-order chi connectivity index (χ1) is 44.0. The number of esters is 1. The molecule has 2 unspecified atom stereocenters. The Balaban J connectivity index is 3.39. The average Bonchev–Trinajstić information content (AvgIpc) is 3.57. The molecule has 0 rings (SSSR count). The molecule has 0 saturated heterocycles. The summed E-state index contributed by atoms with van der Waals surface area (Å²) in [5.41, 5.74) is 0. The summed E-state index contributed by atoms with van der Waals surface area (Å²) in [4.78, 5) is 24.6. The SMILES string of the molecule is CCCCCCCC/C=C\CCCCCCCCCC(=O)OCCCCCCCCCCCCC/C=C\C/C=C\CCCCCCCCCCCCCCCCCCCC(=O)NC(CO)C(O)/C=C/CCCCCCCCCCCCCCCCCCCC. The van der Waals surface area contributed by atoms with Crippen molar-refractivity contribution in [2.24, 2.45) is 0 Å². The van der Waals surface area contributed by atoms with Crippen molar-refractivity contribution in [3.05, 3.63) is 48.6 Å². The van der Waals surface area contributed by atoms with Gasteiger partial charge in [0.15, 0.2) is 0 Å². The highest BCUT2D eigenvalue weighted by molar-refractivity contribution is 5.76. The Hall–Kier alpha value is -2.18. The lowest BCUT2D eigenvalue weighted by Gasteiger charge is -2.20. The van der Waals surface area contributed by atoms with E-state index >= 15 is 0 Å². The minimum Gasteiger partial charge on any atom is -0.466 e. The number of carbonyl (C=O) groups is 2. The topological polar surface area (TPSA) is 95.9 Å². The number of rotatable bonds is 76. The minimum absolute atomic E-state index is 0.0138. The van der Waals surface area contributed by atoms with Crippen LogP contribution in [0.5, 0.6) is 0 Å². The standard InChI is InChI=1S/C83H157NO5/c1-3-5-7-9-11-13-15-17-19-21-22-40-44-47-51-55-59-63-67-71-75-81(86)80(79-85)84-82(87)76-72-68-64-60-56-52-48-45-41-38-36-34-32-30-28-26-24-23-25-27-29-31-33-35-37-39-42-46-50-54-58-62-66-70-74-78-89-83(88)77-73-69-65-61-57-53-49-43-20-18-16-14-12-10-8-6-4-2/h18,20,25,27,31,33,71,75,80-81,85-86H,3-17,19,21-24,26,28-30,32,34-70,72-74,76-79H2,1-2H3,(H,84,87)/b20-18-,27-25-,33-31-,75-71+. The van der Waals surface area contributed by atoms with E-state index in [9.17, 15) is 19.8 Å². The predicted octanol–water partition coefficient (Wildman–Crippen LogP) is 26.8. The molecule has 0 aliphatic heterocycles. The molecule has 0 saturated carbocycles. The van der Waals surface area contributed by atoms with Crippen LogP contribution in [-0.2, 0) is 14.3 Å². The number of aliphatic hydroxyl groups is 2. The number of aliphatic hydroxyl groups excluding tert-OH is 2. The minimum atomic E-state index is -0.844. The summed E-state index contributed by atoms with van der Waals surface area (Å²) in [6.07, 6.45) is 104. The van der Waals surface area contributed by atoms with Crippen LogP contribution in [0.4, 0.5) is 0 Å². The number of carbonyl (C=O) groups excluding carboxylic acids is 2. The van der Waals surface area contributed by atoms with Crippen molar-refractivity contribution >= 4 is 11.9 Å². The third-order valence-electron chi connectivity index (χ3n) is 18.8. The highest BCUT2D eigenvalue weighted by Crippen LogP contribution is 2.19. The Kier molecular flexibility index (Phi) is 76.3. The Labute approximate surface area is 556 Å². The molecule has 0 spiro atoms. The second kappa shape index (κ2) is 78.3. The van der Waals surface area contributed by atoms with Gasteiger partial charge in [0, 0.05) is 12.8 Å². The van der Waals surface area contributed by atoms with E-state index in [1.165, 1.54) is 366 Å². The summed E-state index contributed by atoms with van der Waals surface area (Å²) in [5, 5.41) is 23.3. The quantitative estimate of drug-likeness (QED) is 0.0320. The highest BCUT2D eigenvalue weighted by Gasteiger charge is 2.18. The summed E-state index contributed by atoms with van der Waals surface area (Å²) >= 11 is 0. The van der Waals surface area contributed by atoms with E-state index in [2.05, 4.69) is 55.6 Å². The molecule has 3 N–H and O–H groups in total. The van der Waals surface area contributed by atoms with Crippen molar-refractivity contribution in [3.63, 3.8) is 0 Å². The van der Waals surface area contributed by atoms with Crippen LogP contribution in [0.1, 0.15) is 444 Å². The molecule has 0 aliphatic rings. The van der Waals surface area contributed by atoms with Crippen LogP contribution in [0.15, 0.2) is 48.6 Å². The van der Waals surface area contributed by atoms with Crippen LogP contribution < -0.4 is 5.32 Å². The number of amides is 1. The fourth-order valence-electron chi connectivity index (χ4n) is 12.7. The second-order valence-corrected chi connectivity index (χ2v) is 27.7. The lowest BCUT2D eigenvalue weighted by atomic mass is 10.0. The zero-order chi connectivity index (χ0) is 64.2. The summed E-state index contributed by atoms with van der Waals surface area (Å²) < 4.78 is 5.51. The number of hydrogen-bond donors (Lipinski definition) is 3. The molecule has 0 aromatic carbocycles. The Morgan fingerprint density at radius 3 is 0.865 bits per heavy atom. The van der Waals surface area contributed by atoms with Crippen molar-refractivity contribution in [3.8, 4) is 0 Å². The molecule has 0 heterocycles. The van der Waals surface area contributed by atoms with E-state index in [-0.39, 0.29) is 18.5 Å². The Morgan fingerprint density at radius 1 is 0.315 bits per heavy atom. The van der Waals surface area contributed by atoms with E-state index in [1.807, 2.05) is 6.08 Å². The zero-order valence-electron chi connectivity index (χ0n) is 60.2. The van der Waals surface area contributed by atoms with E-state index in [0.717, 1.165) is 51.4 Å². The molecule has 0 bridgehead atoms. The lowest BCUT2D eigenvalue weighted by molar-refractivity contribution is -0.143. The number of unbranched alkanes of at least 4 members (excludes halogenated alkanes) is 59. The highest BCUT2D eigenvalue weighted by atomic mass is 16.5. The van der Waals surface area contributed by atoms with Gasteiger partial charge >= 0.3 is 5.97 Å². The van der Waals surface area contributed by atoms with Gasteiger partial charge in [-0.3, -0.25) is 9.59 Å². The first-order valence-corrected chi connectivity index (χ1v) is 40.4. The molecular formula is C83H157NO5. The Bertz CT molecular complexity index is 1490. The van der Waals surface area contributed by atoms with Crippen LogP contribution in [-0.4, -0.2) is 47.4 Å². The van der Waals surface area contributed by atoms with Crippen LogP contribution in [0.2, 0.25) is 0 Å². The second-order valence-electron chi connectivity index (χ2n) is 27.7. The molecule has 89 heavy (non-hydrogen) atoms. The zero-order valence-corrected chi connectivity index (χ0v) is 60.2. The van der Waals surface area contributed by atoms with Gasteiger partial charge in [-0.15, -0.1) is 0 Å². The largest absolute Gasteiger partial charge is 0.466 e. The maximum Gasteiger partial charge on any atom is 0.305 e. The normalized spacial score (nSPS) is 12.7. The predicted molar refractivity (Wildman–Crippen MR) is 393 cm³/mol. The van der Waals surface area contributed by atoms with E-state index in [1.54, 1.807) is 6.08 Å². The van der Waals surface area contributed by atoms with Gasteiger partial charge in [-0.25, -0.2) is 0 Å². The summed E-state index contributed by atoms with van der Waals surface area (Å²) in [6.45, 7) is 4.94. The molecule has 0 aromatic heterocycles. The third kappa shape index (κ3) is 74.7. The average molecular weight is 1250 g/mol. The van der Waals surface area contributed by atoms with E-state index < -0.39 is 12.1 Å². The van der Waals surface area contributed by atoms with Crippen LogP contribution in [0.3, 0.4) is 0 Å². The van der Waals surface area contributed by atoms with Gasteiger partial charge in [-0.1, -0.05) is 390 Å². The Morgan fingerprint density at radius 2 is 0.562 bits per heavy atom. The molecule has 1 amide bonds. The number of ether oxygens (including phenoxy) is 1. The third-order valence-corrected chi connectivity index (χ3v) is 18.8. The number of hydrogen-bond acceptors (Lipinski definition) is 5. The van der Waals surface area contributed by atoms with Gasteiger partial charge in [0.25, 0.3) is 0 Å². The monoisotopic (exact) mass is 1250 g/mol. The smallest absolute Gasteiger partial charge is 0.305 e. The van der Waals surface area contributed by atoms with Gasteiger partial charge in [-0.2, -0.15) is 0 Å². The maximum atomic E-state index is 12.5. The van der Waals surface area contributed by atoms with Gasteiger partial charge < -0.3 is 20.3 Å². The van der Waals surface area contributed by atoms with Crippen LogP contribution in [0.25, 0.3) is 0 Å². The molecule has 0 fully saturated rings. The number of allylic oxidation sites excluding steroid dienone is 7. The molecule has 2 atom stereocenters. The van der Waals surface area contributed by atoms with Crippen LogP contribution >= 0.6 is 0 Å². The van der Waals surface area contributed by atoms with E-state index in [4.69, 9.17) is 4.74 Å². The molecular weight excluding hydrogens is 1090 g/mol. The number of nitrogens with one attached hydrogen (secondary N) is 1. The van der Waals surface area contributed by atoms with Crippen molar-refractivity contribution in [1.29, 1.82) is 0 Å². The van der Waals surface area contributed by atoms with Crippen molar-refractivity contribution in [2.45, 2.75) is 456 Å². The van der Waals surface area contributed by atoms with Gasteiger partial charge in [-0.05, 0) is 89.9 Å². The fourth-order valence-corrected chi connectivity index (χ4v) is 12.7. The molecule has 6 nitrogen and oxygen atoms in total. The van der Waals surface area contributed by atoms with Gasteiger partial charge in [0.05, 0.1) is 25.4 Å². The molecule has 0 radical (unpaired) electrons. The van der Waals surface area contributed by atoms with Crippen molar-refractivity contribution in [2.75, 3.05) is 13.2 Å². The van der Waals surface area contributed by atoms with Crippen molar-refractivity contribution in [1.82, 2.24) is 5.32 Å².